The topological polar surface area (TPSA) is 125 Å². The SMILES string of the molecule is N#C[C@H](C[C@@H]1CCCC1=O)NC(=O)[C@@H](CC(=O)c1cc2c(OCCN3CCOCC3)cccc2[nH]1)CC1CC1. The highest BCUT2D eigenvalue weighted by molar-refractivity contribution is 6.02. The minimum atomic E-state index is -0.716. The van der Waals surface area contributed by atoms with Gasteiger partial charge in [-0.2, -0.15) is 5.26 Å². The molecule has 5 rings (SSSR count). The first-order valence-corrected chi connectivity index (χ1v) is 14.3. The second-order valence-corrected chi connectivity index (χ2v) is 11.2. The lowest BCUT2D eigenvalue weighted by Crippen LogP contribution is -2.40. The van der Waals surface area contributed by atoms with Gasteiger partial charge >= 0.3 is 0 Å². The maximum Gasteiger partial charge on any atom is 0.224 e. The third-order valence-corrected chi connectivity index (χ3v) is 8.23. The van der Waals surface area contributed by atoms with Crippen LogP contribution >= 0.6 is 0 Å². The highest BCUT2D eigenvalue weighted by Crippen LogP contribution is 2.37. The van der Waals surface area contributed by atoms with Gasteiger partial charge in [0.15, 0.2) is 5.78 Å². The zero-order valence-corrected chi connectivity index (χ0v) is 22.5. The Morgan fingerprint density at radius 3 is 2.74 bits per heavy atom. The van der Waals surface area contributed by atoms with Crippen molar-refractivity contribution < 1.29 is 23.9 Å². The lowest BCUT2D eigenvalue weighted by Gasteiger charge is -2.26. The maximum atomic E-state index is 13.4. The number of H-pyrrole nitrogens is 1. The average molecular weight is 535 g/mol. The van der Waals surface area contributed by atoms with E-state index < -0.39 is 12.0 Å². The van der Waals surface area contributed by atoms with Gasteiger partial charge < -0.3 is 19.8 Å². The Hall–Kier alpha value is -3.22. The van der Waals surface area contributed by atoms with E-state index in [-0.39, 0.29) is 29.8 Å². The molecule has 2 aromatic rings. The highest BCUT2D eigenvalue weighted by Gasteiger charge is 2.34. The number of rotatable bonds is 13. The predicted octanol–water partition coefficient (Wildman–Crippen LogP) is 3.64. The Balaban J connectivity index is 1.21. The molecule has 9 heteroatoms. The first-order valence-electron chi connectivity index (χ1n) is 14.3. The van der Waals surface area contributed by atoms with Gasteiger partial charge in [-0.05, 0) is 49.8 Å². The van der Waals surface area contributed by atoms with Crippen molar-refractivity contribution in [1.82, 2.24) is 15.2 Å². The van der Waals surface area contributed by atoms with Gasteiger partial charge in [0.25, 0.3) is 0 Å². The second-order valence-electron chi connectivity index (χ2n) is 11.2. The van der Waals surface area contributed by atoms with E-state index in [1.807, 2.05) is 24.3 Å². The van der Waals surface area contributed by atoms with E-state index in [0.29, 0.717) is 37.5 Å². The Bertz CT molecular complexity index is 1220. The Kier molecular flexibility index (Phi) is 8.95. The Labute approximate surface area is 229 Å². The Morgan fingerprint density at radius 1 is 1.21 bits per heavy atom. The maximum absolute atomic E-state index is 13.4. The van der Waals surface area contributed by atoms with Crippen LogP contribution in [0.5, 0.6) is 5.75 Å². The van der Waals surface area contributed by atoms with Gasteiger partial charge in [-0.1, -0.05) is 18.9 Å². The summed E-state index contributed by atoms with van der Waals surface area (Å²) in [6, 6.07) is 8.97. The largest absolute Gasteiger partial charge is 0.492 e. The van der Waals surface area contributed by atoms with Crippen LogP contribution in [0.3, 0.4) is 0 Å². The summed E-state index contributed by atoms with van der Waals surface area (Å²) in [5, 5.41) is 13.3. The minimum absolute atomic E-state index is 0.0723. The summed E-state index contributed by atoms with van der Waals surface area (Å²) in [7, 11) is 0. The van der Waals surface area contributed by atoms with Crippen LogP contribution in [-0.4, -0.2) is 72.9 Å². The number of hydrogen-bond acceptors (Lipinski definition) is 7. The number of nitrogens with one attached hydrogen (secondary N) is 2. The van der Waals surface area contributed by atoms with Crippen LogP contribution in [0.2, 0.25) is 0 Å². The van der Waals surface area contributed by atoms with Crippen molar-refractivity contribution in [3.8, 4) is 11.8 Å². The fourth-order valence-corrected chi connectivity index (χ4v) is 5.74. The van der Waals surface area contributed by atoms with Crippen molar-refractivity contribution in [1.29, 1.82) is 5.26 Å². The van der Waals surface area contributed by atoms with Crippen molar-refractivity contribution >= 4 is 28.4 Å². The molecule has 1 saturated heterocycles. The molecular weight excluding hydrogens is 496 g/mol. The number of ketones is 2. The number of amides is 1. The van der Waals surface area contributed by atoms with Gasteiger partial charge in [0.1, 0.15) is 24.2 Å². The molecule has 3 fully saturated rings. The van der Waals surface area contributed by atoms with Gasteiger partial charge in [-0.25, -0.2) is 0 Å². The van der Waals surface area contributed by atoms with E-state index in [2.05, 4.69) is 21.3 Å². The molecule has 1 aromatic heterocycles. The van der Waals surface area contributed by atoms with Gasteiger partial charge in [-0.15, -0.1) is 0 Å². The van der Waals surface area contributed by atoms with E-state index in [9.17, 15) is 19.6 Å². The number of morpholine rings is 1. The van der Waals surface area contributed by atoms with E-state index in [4.69, 9.17) is 9.47 Å². The molecule has 1 aromatic carbocycles. The minimum Gasteiger partial charge on any atom is -0.492 e. The van der Waals surface area contributed by atoms with E-state index >= 15 is 0 Å². The molecule has 2 N–H and O–H groups in total. The van der Waals surface area contributed by atoms with Gasteiger partial charge in [0, 0.05) is 55.2 Å². The average Bonchev–Trinajstić information content (AvgIpc) is 3.50. The second kappa shape index (κ2) is 12.8. The molecule has 1 amide bonds. The highest BCUT2D eigenvalue weighted by atomic mass is 16.5. The summed E-state index contributed by atoms with van der Waals surface area (Å²) in [6.07, 6.45) is 5.36. The molecule has 9 nitrogen and oxygen atoms in total. The summed E-state index contributed by atoms with van der Waals surface area (Å²) in [6.45, 7) is 4.65. The predicted molar refractivity (Wildman–Crippen MR) is 145 cm³/mol. The molecule has 1 aliphatic heterocycles. The normalized spacial score (nSPS) is 21.4. The first kappa shape index (κ1) is 27.4. The fraction of sp³-hybridized carbons (Fsp3) is 0.600. The van der Waals surface area contributed by atoms with Crippen LogP contribution in [0, 0.1) is 29.1 Å². The quantitative estimate of drug-likeness (QED) is 0.376. The smallest absolute Gasteiger partial charge is 0.224 e. The van der Waals surface area contributed by atoms with Crippen LogP contribution in [0.15, 0.2) is 24.3 Å². The molecule has 0 spiro atoms. The summed E-state index contributed by atoms with van der Waals surface area (Å²) < 4.78 is 11.5. The van der Waals surface area contributed by atoms with Crippen molar-refractivity contribution in [3.05, 3.63) is 30.0 Å². The number of hydrogen-bond donors (Lipinski definition) is 2. The van der Waals surface area contributed by atoms with Gasteiger partial charge in [-0.3, -0.25) is 19.3 Å². The summed E-state index contributed by atoms with van der Waals surface area (Å²) in [4.78, 5) is 44.2. The number of benzene rings is 1. The molecular formula is C30H38N4O5. The lowest BCUT2D eigenvalue weighted by molar-refractivity contribution is -0.126. The van der Waals surface area contributed by atoms with Gasteiger partial charge in [0.2, 0.25) is 5.91 Å². The third kappa shape index (κ3) is 7.25. The standard InChI is InChI=1S/C30H38N4O5/c31-19-23(16-21-3-1-5-27(21)35)32-30(37)22(15-20-7-8-20)17-28(36)26-18-24-25(33-26)4-2-6-29(24)39-14-11-34-9-12-38-13-10-34/h2,4,6,18,20-23,33H,1,3,5,7-17H2,(H,32,37)/t21-,22+,23-/m0/s1. The van der Waals surface area contributed by atoms with Crippen molar-refractivity contribution in [2.75, 3.05) is 39.5 Å². The molecule has 0 radical (unpaired) electrons. The van der Waals surface area contributed by atoms with E-state index in [1.165, 1.54) is 0 Å². The third-order valence-electron chi connectivity index (χ3n) is 8.23. The molecule has 2 heterocycles. The zero-order chi connectivity index (χ0) is 27.2. The molecule has 3 atom stereocenters. The van der Waals surface area contributed by atoms with Crippen LogP contribution in [0.1, 0.15) is 61.9 Å². The van der Waals surface area contributed by atoms with Crippen LogP contribution < -0.4 is 10.1 Å². The number of nitrogens with zero attached hydrogens (tertiary/aromatic N) is 2. The molecule has 2 aliphatic carbocycles. The summed E-state index contributed by atoms with van der Waals surface area (Å²) >= 11 is 0. The van der Waals surface area contributed by atoms with Crippen LogP contribution in [-0.2, 0) is 14.3 Å². The summed E-state index contributed by atoms with van der Waals surface area (Å²) in [5.41, 5.74) is 1.27. The molecule has 208 valence electrons. The van der Waals surface area contributed by atoms with Crippen LogP contribution in [0.25, 0.3) is 10.9 Å². The van der Waals surface area contributed by atoms with Crippen molar-refractivity contribution in [2.45, 2.75) is 57.4 Å². The fourth-order valence-electron chi connectivity index (χ4n) is 5.74. The number of carbonyl (C=O) groups excluding carboxylic acids is 3. The van der Waals surface area contributed by atoms with Crippen molar-refractivity contribution in [2.24, 2.45) is 17.8 Å². The number of aromatic nitrogens is 1. The molecule has 3 aliphatic rings. The monoisotopic (exact) mass is 534 g/mol. The lowest BCUT2D eigenvalue weighted by atomic mass is 9.92. The molecule has 39 heavy (non-hydrogen) atoms. The number of ether oxygens (including phenoxy) is 2. The number of aromatic amines is 1. The number of carbonyl (C=O) groups is 3. The summed E-state index contributed by atoms with van der Waals surface area (Å²) in [5.74, 6) is 0.283. The Morgan fingerprint density at radius 2 is 2.03 bits per heavy atom. The molecule has 2 saturated carbocycles. The number of Topliss-reactive ketones (excluding diaryl/α,β-unsaturated/α-hetero) is 2. The molecule has 0 bridgehead atoms. The zero-order valence-electron chi connectivity index (χ0n) is 22.5. The van der Waals surface area contributed by atoms with Crippen LogP contribution in [0.4, 0.5) is 0 Å². The van der Waals surface area contributed by atoms with E-state index in [0.717, 1.165) is 75.2 Å². The van der Waals surface area contributed by atoms with Crippen molar-refractivity contribution in [3.63, 3.8) is 0 Å². The van der Waals surface area contributed by atoms with Gasteiger partial charge in [0.05, 0.1) is 25.0 Å². The number of fused-ring (bicyclic) bond motifs is 1. The molecule has 0 unspecified atom stereocenters. The first-order chi connectivity index (χ1) is 19.0. The van der Waals surface area contributed by atoms with E-state index in [1.54, 1.807) is 0 Å². The number of nitriles is 1.